The number of carbonyl (C=O) groups is 2. The fourth-order valence-corrected chi connectivity index (χ4v) is 3.06. The lowest BCUT2D eigenvalue weighted by Crippen LogP contribution is -2.51. The maximum absolute atomic E-state index is 12.6. The summed E-state index contributed by atoms with van der Waals surface area (Å²) >= 11 is 0. The van der Waals surface area contributed by atoms with Gasteiger partial charge >= 0.3 is 0 Å². The number of hydrogen-bond acceptors (Lipinski definition) is 4. The predicted octanol–water partition coefficient (Wildman–Crippen LogP) is 1.33. The number of carbonyl (C=O) groups excluding carboxylic acids is 2. The average molecular weight is 332 g/mol. The summed E-state index contributed by atoms with van der Waals surface area (Å²) in [6, 6.07) is 5.46. The van der Waals surface area contributed by atoms with Gasteiger partial charge in [0.15, 0.2) is 0 Å². The normalized spacial score (nSPS) is 17.6. The molecular weight excluding hydrogens is 308 g/mol. The lowest BCUT2D eigenvalue weighted by atomic mass is 10.1. The number of hydrogen-bond donors (Lipinski definition) is 0. The Morgan fingerprint density at radius 3 is 2.29 bits per heavy atom. The van der Waals surface area contributed by atoms with Gasteiger partial charge in [-0.1, -0.05) is 0 Å². The van der Waals surface area contributed by atoms with Crippen molar-refractivity contribution in [3.05, 3.63) is 23.8 Å². The topological polar surface area (TPSA) is 59.1 Å². The summed E-state index contributed by atoms with van der Waals surface area (Å²) in [5.74, 6) is 1.95. The predicted molar refractivity (Wildman–Crippen MR) is 89.1 cm³/mol. The van der Waals surface area contributed by atoms with Crippen LogP contribution in [-0.4, -0.2) is 62.0 Å². The molecule has 1 heterocycles. The summed E-state index contributed by atoms with van der Waals surface area (Å²) in [5, 5.41) is 0. The molecule has 0 atom stereocenters. The summed E-state index contributed by atoms with van der Waals surface area (Å²) in [7, 11) is 3.20. The first-order chi connectivity index (χ1) is 11.6. The maximum Gasteiger partial charge on any atom is 0.227 e. The first kappa shape index (κ1) is 16.6. The molecule has 0 spiro atoms. The number of benzene rings is 1. The van der Waals surface area contributed by atoms with Crippen molar-refractivity contribution >= 4 is 11.8 Å². The third-order valence-electron chi connectivity index (χ3n) is 4.70. The molecule has 2 fully saturated rings. The third kappa shape index (κ3) is 3.63. The monoisotopic (exact) mass is 332 g/mol. The number of nitrogens with zero attached hydrogens (tertiary/aromatic N) is 2. The Kier molecular flexibility index (Phi) is 4.92. The lowest BCUT2D eigenvalue weighted by Gasteiger charge is -2.35. The molecule has 130 valence electrons. The zero-order chi connectivity index (χ0) is 17.1. The lowest BCUT2D eigenvalue weighted by molar-refractivity contribution is -0.140. The van der Waals surface area contributed by atoms with Crippen molar-refractivity contribution in [1.82, 2.24) is 9.80 Å². The Balaban J connectivity index is 1.58. The minimum absolute atomic E-state index is 0.0556. The van der Waals surface area contributed by atoms with Crippen molar-refractivity contribution in [3.63, 3.8) is 0 Å². The molecule has 6 heteroatoms. The van der Waals surface area contributed by atoms with E-state index in [0.29, 0.717) is 37.7 Å². The minimum atomic E-state index is 0.0556. The smallest absolute Gasteiger partial charge is 0.227 e. The highest BCUT2D eigenvalue weighted by Crippen LogP contribution is 2.31. The Bertz CT molecular complexity index is 619. The molecule has 3 rings (SSSR count). The highest BCUT2D eigenvalue weighted by atomic mass is 16.5. The fourth-order valence-electron chi connectivity index (χ4n) is 3.06. The standard InChI is InChI=1S/C18H24N2O4/c1-23-15-5-6-16(24-2)14(11-15)12-17(21)19-7-9-20(10-8-19)18(22)13-3-4-13/h5-6,11,13H,3-4,7-10,12H2,1-2H3. The molecule has 2 amide bonds. The van der Waals surface area contributed by atoms with E-state index in [2.05, 4.69) is 0 Å². The molecule has 1 aromatic carbocycles. The average Bonchev–Trinajstić information content (AvgIpc) is 3.46. The molecule has 1 aliphatic carbocycles. The molecule has 1 aliphatic heterocycles. The molecular formula is C18H24N2O4. The molecule has 1 aromatic rings. The zero-order valence-electron chi connectivity index (χ0n) is 14.3. The Hall–Kier alpha value is -2.24. The summed E-state index contributed by atoms with van der Waals surface area (Å²) in [6.45, 7) is 2.47. The molecule has 1 saturated carbocycles. The first-order valence-corrected chi connectivity index (χ1v) is 8.40. The first-order valence-electron chi connectivity index (χ1n) is 8.40. The van der Waals surface area contributed by atoms with Gasteiger partial charge in [0.05, 0.1) is 20.6 Å². The zero-order valence-corrected chi connectivity index (χ0v) is 14.3. The van der Waals surface area contributed by atoms with Crippen molar-refractivity contribution in [2.75, 3.05) is 40.4 Å². The summed E-state index contributed by atoms with van der Waals surface area (Å²) in [4.78, 5) is 28.4. The van der Waals surface area contributed by atoms with Crippen LogP contribution in [0.3, 0.4) is 0 Å². The van der Waals surface area contributed by atoms with Crippen LogP contribution in [0.15, 0.2) is 18.2 Å². The minimum Gasteiger partial charge on any atom is -0.497 e. The van der Waals surface area contributed by atoms with Gasteiger partial charge in [-0.25, -0.2) is 0 Å². The third-order valence-corrected chi connectivity index (χ3v) is 4.70. The van der Waals surface area contributed by atoms with E-state index in [-0.39, 0.29) is 24.2 Å². The highest BCUT2D eigenvalue weighted by Gasteiger charge is 2.35. The van der Waals surface area contributed by atoms with Crippen molar-refractivity contribution in [2.24, 2.45) is 5.92 Å². The van der Waals surface area contributed by atoms with E-state index in [1.807, 2.05) is 28.0 Å². The van der Waals surface area contributed by atoms with Gasteiger partial charge in [-0.05, 0) is 31.0 Å². The van der Waals surface area contributed by atoms with Crippen LogP contribution < -0.4 is 9.47 Å². The van der Waals surface area contributed by atoms with Gasteiger partial charge in [0.25, 0.3) is 0 Å². The van der Waals surface area contributed by atoms with E-state index >= 15 is 0 Å². The van der Waals surface area contributed by atoms with E-state index < -0.39 is 0 Å². The van der Waals surface area contributed by atoms with Crippen LogP contribution in [0.25, 0.3) is 0 Å². The summed E-state index contributed by atoms with van der Waals surface area (Å²) < 4.78 is 10.6. The van der Waals surface area contributed by atoms with Crippen LogP contribution in [0.4, 0.5) is 0 Å². The molecule has 1 saturated heterocycles. The van der Waals surface area contributed by atoms with Gasteiger partial charge in [-0.2, -0.15) is 0 Å². The van der Waals surface area contributed by atoms with Crippen molar-refractivity contribution in [1.29, 1.82) is 0 Å². The Morgan fingerprint density at radius 2 is 1.71 bits per heavy atom. The molecule has 0 bridgehead atoms. The molecule has 2 aliphatic rings. The van der Waals surface area contributed by atoms with Crippen molar-refractivity contribution in [3.8, 4) is 11.5 Å². The Morgan fingerprint density at radius 1 is 1.04 bits per heavy atom. The van der Waals surface area contributed by atoms with Crippen LogP contribution in [0.1, 0.15) is 18.4 Å². The number of piperazine rings is 1. The van der Waals surface area contributed by atoms with Gasteiger partial charge in [-0.15, -0.1) is 0 Å². The second kappa shape index (κ2) is 7.11. The quantitative estimate of drug-likeness (QED) is 0.816. The maximum atomic E-state index is 12.6. The number of rotatable bonds is 5. The number of ether oxygens (including phenoxy) is 2. The molecule has 0 aromatic heterocycles. The van der Waals surface area contributed by atoms with Crippen molar-refractivity contribution in [2.45, 2.75) is 19.3 Å². The molecule has 0 N–H and O–H groups in total. The molecule has 24 heavy (non-hydrogen) atoms. The molecule has 0 radical (unpaired) electrons. The van der Waals surface area contributed by atoms with Gasteiger partial charge < -0.3 is 19.3 Å². The van der Waals surface area contributed by atoms with Crippen LogP contribution >= 0.6 is 0 Å². The van der Waals surface area contributed by atoms with Gasteiger partial charge in [0.2, 0.25) is 11.8 Å². The van der Waals surface area contributed by atoms with E-state index in [1.54, 1.807) is 14.2 Å². The summed E-state index contributed by atoms with van der Waals surface area (Å²) in [5.41, 5.74) is 0.818. The van der Waals surface area contributed by atoms with E-state index in [4.69, 9.17) is 9.47 Å². The van der Waals surface area contributed by atoms with Gasteiger partial charge in [-0.3, -0.25) is 9.59 Å². The van der Waals surface area contributed by atoms with Crippen molar-refractivity contribution < 1.29 is 19.1 Å². The largest absolute Gasteiger partial charge is 0.497 e. The van der Waals surface area contributed by atoms with Crippen LogP contribution in [0.5, 0.6) is 11.5 Å². The number of methoxy groups -OCH3 is 2. The molecule has 6 nitrogen and oxygen atoms in total. The second-order valence-electron chi connectivity index (χ2n) is 6.33. The van der Waals surface area contributed by atoms with Crippen LogP contribution in [0.2, 0.25) is 0 Å². The van der Waals surface area contributed by atoms with Gasteiger partial charge in [0.1, 0.15) is 11.5 Å². The Labute approximate surface area is 142 Å². The number of amides is 2. The SMILES string of the molecule is COc1ccc(OC)c(CC(=O)N2CCN(C(=O)C3CC3)CC2)c1. The van der Waals surface area contributed by atoms with E-state index in [1.165, 1.54) is 0 Å². The second-order valence-corrected chi connectivity index (χ2v) is 6.33. The van der Waals surface area contributed by atoms with Crippen LogP contribution in [0, 0.1) is 5.92 Å². The van der Waals surface area contributed by atoms with E-state index in [0.717, 1.165) is 18.4 Å². The highest BCUT2D eigenvalue weighted by molar-refractivity contribution is 5.82. The fraction of sp³-hybridized carbons (Fsp3) is 0.556. The van der Waals surface area contributed by atoms with Gasteiger partial charge in [0, 0.05) is 37.7 Å². The van der Waals surface area contributed by atoms with Crippen LogP contribution in [-0.2, 0) is 16.0 Å². The summed E-state index contributed by atoms with van der Waals surface area (Å²) in [6.07, 6.45) is 2.32. The molecule has 0 unspecified atom stereocenters. The van der Waals surface area contributed by atoms with E-state index in [9.17, 15) is 9.59 Å².